The molecule has 0 spiro atoms. The van der Waals surface area contributed by atoms with Gasteiger partial charge < -0.3 is 14.8 Å². The smallest absolute Gasteiger partial charge is 0.282 e. The summed E-state index contributed by atoms with van der Waals surface area (Å²) in [5.41, 5.74) is 1.35. The van der Waals surface area contributed by atoms with Gasteiger partial charge in [-0.15, -0.1) is 0 Å². The molecule has 28 heavy (non-hydrogen) atoms. The van der Waals surface area contributed by atoms with Crippen LogP contribution in [0.2, 0.25) is 5.02 Å². The molecule has 2 aromatic rings. The summed E-state index contributed by atoms with van der Waals surface area (Å²) in [6, 6.07) is 12.0. The van der Waals surface area contributed by atoms with Crippen LogP contribution in [0.4, 0.5) is 5.69 Å². The lowest BCUT2D eigenvalue weighted by atomic mass is 10.2. The third-order valence-corrected chi connectivity index (χ3v) is 6.68. The number of benzene rings is 2. The molecule has 4 rings (SSSR count). The van der Waals surface area contributed by atoms with Crippen molar-refractivity contribution in [1.29, 1.82) is 0 Å². The van der Waals surface area contributed by atoms with E-state index >= 15 is 0 Å². The monoisotopic (exact) mass is 423 g/mol. The maximum atomic E-state index is 12.7. The number of nitrogens with zero attached hydrogens (tertiary/aromatic N) is 2. The summed E-state index contributed by atoms with van der Waals surface area (Å²) in [5.74, 6) is 0.731. The van der Waals surface area contributed by atoms with Gasteiger partial charge in [-0.2, -0.15) is 17.0 Å². The highest BCUT2D eigenvalue weighted by Crippen LogP contribution is 2.34. The molecule has 0 radical (unpaired) electrons. The number of hydrogen-bond donors (Lipinski definition) is 1. The second kappa shape index (κ2) is 7.59. The van der Waals surface area contributed by atoms with Gasteiger partial charge in [0.2, 0.25) is 12.7 Å². The summed E-state index contributed by atoms with van der Waals surface area (Å²) in [7, 11) is -3.70. The van der Waals surface area contributed by atoms with E-state index in [0.717, 1.165) is 5.56 Å². The average Bonchev–Trinajstić information content (AvgIpc) is 3.22. The molecule has 1 saturated heterocycles. The minimum Gasteiger partial charge on any atom is -0.454 e. The van der Waals surface area contributed by atoms with Gasteiger partial charge in [0.15, 0.2) is 11.5 Å². The minimum atomic E-state index is -3.70. The zero-order valence-electron chi connectivity index (χ0n) is 14.8. The van der Waals surface area contributed by atoms with Crippen molar-refractivity contribution in [3.8, 4) is 11.5 Å². The highest BCUT2D eigenvalue weighted by Gasteiger charge is 2.37. The van der Waals surface area contributed by atoms with Crippen molar-refractivity contribution < 1.29 is 22.7 Å². The Kier molecular flexibility index (Phi) is 5.15. The number of nitrogens with one attached hydrogen (secondary N) is 1. The zero-order valence-corrected chi connectivity index (χ0v) is 16.4. The van der Waals surface area contributed by atoms with E-state index in [1.54, 1.807) is 42.5 Å². The van der Waals surface area contributed by atoms with Crippen molar-refractivity contribution in [3.05, 3.63) is 53.1 Å². The predicted octanol–water partition coefficient (Wildman–Crippen LogP) is 2.07. The predicted molar refractivity (Wildman–Crippen MR) is 104 cm³/mol. The molecule has 1 amide bonds. The van der Waals surface area contributed by atoms with Crippen LogP contribution in [0.1, 0.15) is 5.56 Å². The van der Waals surface area contributed by atoms with Gasteiger partial charge in [0.05, 0.1) is 6.54 Å². The van der Waals surface area contributed by atoms with Gasteiger partial charge in [0, 0.05) is 36.4 Å². The third kappa shape index (κ3) is 3.93. The fraction of sp³-hybridized carbons (Fsp3) is 0.278. The molecule has 2 aromatic carbocycles. The number of ether oxygens (including phenoxy) is 2. The third-order valence-electron chi connectivity index (χ3n) is 4.50. The second-order valence-corrected chi connectivity index (χ2v) is 8.78. The lowest BCUT2D eigenvalue weighted by Gasteiger charge is -2.18. The quantitative estimate of drug-likeness (QED) is 0.795. The van der Waals surface area contributed by atoms with Gasteiger partial charge in [0.1, 0.15) is 0 Å². The van der Waals surface area contributed by atoms with Gasteiger partial charge in [-0.3, -0.25) is 4.79 Å². The van der Waals surface area contributed by atoms with E-state index in [2.05, 4.69) is 5.32 Å². The first-order chi connectivity index (χ1) is 13.4. The maximum Gasteiger partial charge on any atom is 0.282 e. The number of hydrogen-bond acceptors (Lipinski definition) is 5. The second-order valence-electron chi connectivity index (χ2n) is 6.42. The molecular weight excluding hydrogens is 406 g/mol. The molecule has 2 aliphatic rings. The Bertz CT molecular complexity index is 997. The van der Waals surface area contributed by atoms with Gasteiger partial charge in [-0.25, -0.2) is 0 Å². The van der Waals surface area contributed by atoms with Gasteiger partial charge >= 0.3 is 0 Å². The van der Waals surface area contributed by atoms with Crippen molar-refractivity contribution in [1.82, 2.24) is 8.61 Å². The van der Waals surface area contributed by atoms with Crippen LogP contribution < -0.4 is 14.8 Å². The molecule has 2 aliphatic heterocycles. The van der Waals surface area contributed by atoms with E-state index in [4.69, 9.17) is 21.1 Å². The Morgan fingerprint density at radius 1 is 1.04 bits per heavy atom. The average molecular weight is 424 g/mol. The Morgan fingerprint density at radius 3 is 2.54 bits per heavy atom. The number of anilines is 1. The van der Waals surface area contributed by atoms with E-state index in [9.17, 15) is 13.2 Å². The van der Waals surface area contributed by atoms with Crippen molar-refractivity contribution in [2.75, 3.05) is 31.7 Å². The molecule has 0 unspecified atom stereocenters. The van der Waals surface area contributed by atoms with Crippen molar-refractivity contribution >= 4 is 33.4 Å². The zero-order chi connectivity index (χ0) is 19.7. The standard InChI is InChI=1S/C18H18ClN3O5S/c19-14-3-1-13(2-4-14)10-21-7-8-22(28(21,24)25)11-18(23)20-15-5-6-16-17(9-15)27-12-26-16/h1-6,9H,7-8,10-12H2,(H,20,23). The van der Waals surface area contributed by atoms with E-state index in [1.807, 2.05) is 0 Å². The molecule has 148 valence electrons. The van der Waals surface area contributed by atoms with E-state index in [1.165, 1.54) is 8.61 Å². The van der Waals surface area contributed by atoms with Crippen LogP contribution in [0.15, 0.2) is 42.5 Å². The summed E-state index contributed by atoms with van der Waals surface area (Å²) in [6.45, 7) is 0.697. The summed E-state index contributed by atoms with van der Waals surface area (Å²) in [6.07, 6.45) is 0. The number of rotatable bonds is 5. The first-order valence-electron chi connectivity index (χ1n) is 8.61. The fourth-order valence-corrected chi connectivity index (χ4v) is 4.74. The summed E-state index contributed by atoms with van der Waals surface area (Å²) < 4.78 is 38.4. The SMILES string of the molecule is O=C(CN1CCN(Cc2ccc(Cl)cc2)S1(=O)=O)Nc1ccc2c(c1)OCO2. The molecule has 0 aromatic heterocycles. The Morgan fingerprint density at radius 2 is 1.75 bits per heavy atom. The van der Waals surface area contributed by atoms with Crippen LogP contribution in [-0.2, 0) is 21.5 Å². The van der Waals surface area contributed by atoms with Crippen LogP contribution in [0, 0.1) is 0 Å². The van der Waals surface area contributed by atoms with Crippen molar-refractivity contribution in [3.63, 3.8) is 0 Å². The van der Waals surface area contributed by atoms with E-state index in [-0.39, 0.29) is 26.4 Å². The van der Waals surface area contributed by atoms with Crippen LogP contribution in [-0.4, -0.2) is 49.4 Å². The number of fused-ring (bicyclic) bond motifs is 1. The molecule has 0 aliphatic carbocycles. The molecule has 0 bridgehead atoms. The number of carbonyl (C=O) groups excluding carboxylic acids is 1. The van der Waals surface area contributed by atoms with Crippen LogP contribution in [0.25, 0.3) is 0 Å². The Balaban J connectivity index is 1.38. The highest BCUT2D eigenvalue weighted by atomic mass is 35.5. The normalized spacial score (nSPS) is 18.3. The Labute approximate surface area is 167 Å². The first kappa shape index (κ1) is 19.0. The van der Waals surface area contributed by atoms with Crippen LogP contribution in [0.5, 0.6) is 11.5 Å². The minimum absolute atomic E-state index is 0.141. The van der Waals surface area contributed by atoms with Crippen molar-refractivity contribution in [2.45, 2.75) is 6.54 Å². The molecule has 0 saturated carbocycles. The molecular formula is C18H18ClN3O5S. The van der Waals surface area contributed by atoms with E-state index < -0.39 is 16.1 Å². The number of carbonyl (C=O) groups is 1. The van der Waals surface area contributed by atoms with Gasteiger partial charge in [-0.05, 0) is 29.8 Å². The van der Waals surface area contributed by atoms with Gasteiger partial charge in [0.25, 0.3) is 10.2 Å². The largest absolute Gasteiger partial charge is 0.454 e. The summed E-state index contributed by atoms with van der Waals surface area (Å²) >= 11 is 5.86. The number of halogens is 1. The van der Waals surface area contributed by atoms with E-state index in [0.29, 0.717) is 28.8 Å². The number of amides is 1. The lowest BCUT2D eigenvalue weighted by Crippen LogP contribution is -2.37. The molecule has 2 heterocycles. The fourth-order valence-electron chi connectivity index (χ4n) is 3.07. The first-order valence-corrected chi connectivity index (χ1v) is 10.4. The van der Waals surface area contributed by atoms with Crippen LogP contribution >= 0.6 is 11.6 Å². The topological polar surface area (TPSA) is 88.2 Å². The summed E-state index contributed by atoms with van der Waals surface area (Å²) in [5, 5.41) is 3.29. The molecule has 1 fully saturated rings. The maximum absolute atomic E-state index is 12.7. The Hall–Kier alpha value is -2.33. The molecule has 0 atom stereocenters. The summed E-state index contributed by atoms with van der Waals surface area (Å²) in [4.78, 5) is 12.3. The van der Waals surface area contributed by atoms with Gasteiger partial charge in [-0.1, -0.05) is 23.7 Å². The highest BCUT2D eigenvalue weighted by molar-refractivity contribution is 7.87. The lowest BCUT2D eigenvalue weighted by molar-refractivity contribution is -0.116. The molecule has 10 heteroatoms. The van der Waals surface area contributed by atoms with Crippen LogP contribution in [0.3, 0.4) is 0 Å². The van der Waals surface area contributed by atoms with Crippen molar-refractivity contribution in [2.24, 2.45) is 0 Å². The molecule has 1 N–H and O–H groups in total. The molecule has 8 nitrogen and oxygen atoms in total.